The zero-order chi connectivity index (χ0) is 43.1. The molecular weight excluding hydrogens is 731 g/mol. The van der Waals surface area contributed by atoms with Crippen LogP contribution < -0.4 is 0 Å². The molecule has 1 aliphatic carbocycles. The minimum atomic E-state index is -0.264. The first kappa shape index (κ1) is 43.9. The fourth-order valence-electron chi connectivity index (χ4n) is 8.01. The fraction of sp³-hybridized carbons (Fsp3) is 0.245. The van der Waals surface area contributed by atoms with Gasteiger partial charge in [0.1, 0.15) is 7.28 Å². The van der Waals surface area contributed by atoms with Crippen LogP contribution in [-0.4, -0.2) is 61.9 Å². The average Bonchev–Trinajstić information content (AvgIpc) is 3.90. The first-order chi connectivity index (χ1) is 29.0. The van der Waals surface area contributed by atoms with Crippen LogP contribution in [0.2, 0.25) is 34.1 Å². The van der Waals surface area contributed by atoms with Gasteiger partial charge in [0.25, 0.3) is 0 Å². The van der Waals surface area contributed by atoms with E-state index in [4.69, 9.17) is 23.8 Å². The predicted octanol–water partition coefficient (Wildman–Crippen LogP) is 11.0. The molecule has 0 saturated heterocycles. The van der Waals surface area contributed by atoms with E-state index in [1.807, 2.05) is 118 Å². The van der Waals surface area contributed by atoms with Gasteiger partial charge < -0.3 is 0 Å². The van der Waals surface area contributed by atoms with Crippen LogP contribution in [0.1, 0.15) is 90.1 Å². The Morgan fingerprint density at radius 2 is 1.60 bits per heavy atom. The molecule has 0 N–H and O–H groups in total. The van der Waals surface area contributed by atoms with Crippen molar-refractivity contribution in [1.82, 2.24) is 19.9 Å². The van der Waals surface area contributed by atoms with E-state index in [0.29, 0.717) is 17.5 Å². The topological polar surface area (TPSA) is 77.8 Å². The van der Waals surface area contributed by atoms with E-state index in [0.717, 1.165) is 84.1 Å². The Labute approximate surface area is 360 Å². The van der Waals surface area contributed by atoms with Crippen LogP contribution in [0.3, 0.4) is 0 Å². The maximum absolute atomic E-state index is 7.00. The summed E-state index contributed by atoms with van der Waals surface area (Å²) in [5.74, 6) is 10.3. The van der Waals surface area contributed by atoms with E-state index in [1.54, 1.807) is 0 Å². The summed E-state index contributed by atoms with van der Waals surface area (Å²) in [5.41, 5.74) is 13.6. The molecule has 6 rings (SSSR count). The molecule has 11 heteroatoms. The summed E-state index contributed by atoms with van der Waals surface area (Å²) in [6.45, 7) is 29.5. The molecular formula is C49H51B5N4O2. The first-order valence-electron chi connectivity index (χ1n) is 20.6. The summed E-state index contributed by atoms with van der Waals surface area (Å²) >= 11 is 0. The maximum atomic E-state index is 7.00. The predicted molar refractivity (Wildman–Crippen MR) is 259 cm³/mol. The molecule has 0 amide bonds. The van der Waals surface area contributed by atoms with Crippen molar-refractivity contribution in [2.45, 2.75) is 81.1 Å². The van der Waals surface area contributed by atoms with Crippen LogP contribution in [0.25, 0.3) is 39.2 Å². The van der Waals surface area contributed by atoms with Gasteiger partial charge in [0.15, 0.2) is 0 Å². The zero-order valence-electron chi connectivity index (χ0n) is 36.9. The summed E-state index contributed by atoms with van der Waals surface area (Å²) < 4.78 is 13.0. The number of aromatic nitrogens is 4. The van der Waals surface area contributed by atoms with Crippen molar-refractivity contribution < 1.29 is 8.83 Å². The quantitative estimate of drug-likeness (QED) is 0.0777. The van der Waals surface area contributed by atoms with Gasteiger partial charge in [0.2, 0.25) is 0 Å². The summed E-state index contributed by atoms with van der Waals surface area (Å²) in [5, 5.41) is 0. The SMILES string of the molecule is C=C(c1ccc2c(c1)C(C)(C)C([B]C)=C2c1ocnc1C)c1oc(C(=C\[B]C)/C(=C/C)/C=C(\[B]C)c2nc(C(/C=C\C)=C/[B]C)nc(-c3ccccc3)n2)c(C)c1C=BC. The Hall–Kier alpha value is -5.69. The van der Waals surface area contributed by atoms with Crippen molar-refractivity contribution in [3.63, 3.8) is 0 Å². The number of hydrogen-bond donors (Lipinski definition) is 0. The molecule has 1 aliphatic rings. The molecule has 0 atom stereocenters. The average molecular weight is 782 g/mol. The van der Waals surface area contributed by atoms with Crippen molar-refractivity contribution in [2.24, 2.45) is 0 Å². The number of fused-ring (bicyclic) bond motifs is 1. The van der Waals surface area contributed by atoms with Crippen molar-refractivity contribution in [3.05, 3.63) is 171 Å². The van der Waals surface area contributed by atoms with Gasteiger partial charge in [0, 0.05) is 0 Å². The number of rotatable bonds is 15. The zero-order valence-corrected chi connectivity index (χ0v) is 36.9. The van der Waals surface area contributed by atoms with Crippen molar-refractivity contribution in [2.75, 3.05) is 0 Å². The number of furan rings is 1. The summed E-state index contributed by atoms with van der Waals surface area (Å²) in [4.78, 5) is 19.4. The van der Waals surface area contributed by atoms with Crippen molar-refractivity contribution >= 4 is 69.8 Å². The van der Waals surface area contributed by atoms with Gasteiger partial charge in [-0.25, -0.2) is 0 Å². The first-order valence-corrected chi connectivity index (χ1v) is 20.6. The molecule has 0 fully saturated rings. The van der Waals surface area contributed by atoms with Crippen LogP contribution in [0.15, 0.2) is 118 Å². The number of oxazole rings is 1. The molecule has 3 heterocycles. The fourth-order valence-corrected chi connectivity index (χ4v) is 8.01. The third-order valence-electron chi connectivity index (χ3n) is 11.0. The van der Waals surface area contributed by atoms with E-state index in [2.05, 4.69) is 95.7 Å². The third-order valence-corrected chi connectivity index (χ3v) is 11.0. The van der Waals surface area contributed by atoms with Gasteiger partial charge in [-0.3, -0.25) is 0 Å². The van der Waals surface area contributed by atoms with Gasteiger partial charge in [-0.15, -0.1) is 5.98 Å². The van der Waals surface area contributed by atoms with E-state index in [1.165, 1.54) is 17.4 Å². The van der Waals surface area contributed by atoms with Gasteiger partial charge in [-0.05, 0) is 6.92 Å². The molecule has 6 nitrogen and oxygen atoms in total. The second-order valence-corrected chi connectivity index (χ2v) is 15.2. The second kappa shape index (κ2) is 19.1. The van der Waals surface area contributed by atoms with Gasteiger partial charge in [-0.2, -0.15) is 0 Å². The molecule has 2 aromatic carbocycles. The molecule has 0 aliphatic heterocycles. The summed E-state index contributed by atoms with van der Waals surface area (Å²) in [6, 6.07) is 16.6. The van der Waals surface area contributed by atoms with E-state index < -0.39 is 0 Å². The monoisotopic (exact) mass is 782 g/mol. The van der Waals surface area contributed by atoms with E-state index >= 15 is 0 Å². The van der Waals surface area contributed by atoms with E-state index in [-0.39, 0.29) is 5.41 Å². The Morgan fingerprint density at radius 1 is 0.867 bits per heavy atom. The Kier molecular flexibility index (Phi) is 14.0. The van der Waals surface area contributed by atoms with Crippen molar-refractivity contribution in [1.29, 1.82) is 0 Å². The molecule has 0 bridgehead atoms. The number of allylic oxidation sites excluding steroid dienone is 8. The summed E-state index contributed by atoms with van der Waals surface area (Å²) in [6.07, 6.45) is 9.78. The second-order valence-electron chi connectivity index (χ2n) is 15.2. The van der Waals surface area contributed by atoms with E-state index in [9.17, 15) is 0 Å². The Morgan fingerprint density at radius 3 is 2.22 bits per heavy atom. The molecule has 0 saturated carbocycles. The molecule has 0 unspecified atom stereocenters. The molecule has 294 valence electrons. The number of aryl methyl sites for hydroxylation is 1. The third kappa shape index (κ3) is 8.50. The van der Waals surface area contributed by atoms with Gasteiger partial charge in [0.05, 0.1) is 0 Å². The standard InChI is InChI=1S/C49H51B5N4O2/c1-13-18-35(25-50-8)47-56-46(33-19-16-15-17-20-33)57-48(58-47)40(53-11)24-32(14-2)38(27-52-10)43-30(4)37(26-51-9)42(60-43)29(3)34-21-22-36-39(23-34)49(6,7)45(54-12)41(36)44-31(5)55-28-59-44/h13-28H,3H2,1-2,4-12H3/b18-13-,32-14+,35-25+,38-27-,40-24-. The van der Waals surface area contributed by atoms with Gasteiger partial charge >= 0.3 is 293 Å². The van der Waals surface area contributed by atoms with Crippen LogP contribution in [-0.2, 0) is 5.41 Å². The number of nitrogens with zero attached hydrogens (tertiary/aromatic N) is 4. The number of hydrogen-bond acceptors (Lipinski definition) is 6. The summed E-state index contributed by atoms with van der Waals surface area (Å²) in [7, 11) is 8.28. The van der Waals surface area contributed by atoms with Crippen LogP contribution in [0.5, 0.6) is 0 Å². The molecule has 60 heavy (non-hydrogen) atoms. The van der Waals surface area contributed by atoms with Crippen LogP contribution >= 0.6 is 0 Å². The van der Waals surface area contributed by atoms with Crippen molar-refractivity contribution in [3.8, 4) is 11.4 Å². The molecule has 4 radical (unpaired) electrons. The van der Waals surface area contributed by atoms with Crippen LogP contribution in [0, 0.1) is 13.8 Å². The normalized spacial score (nSPS) is 14.5. The Bertz CT molecular complexity index is 2640. The Balaban J connectivity index is 1.45. The van der Waals surface area contributed by atoms with Gasteiger partial charge in [-0.1, -0.05) is 49.3 Å². The minimum absolute atomic E-state index is 0.264. The number of benzene rings is 2. The molecule has 0 spiro atoms. The molecule has 3 aromatic heterocycles. The molecule has 5 aromatic rings. The van der Waals surface area contributed by atoms with Crippen LogP contribution in [0.4, 0.5) is 0 Å².